The fraction of sp³-hybridized carbons (Fsp3) is 0.625. The van der Waals surface area contributed by atoms with Crippen molar-refractivity contribution in [3.05, 3.63) is 28.2 Å². The molecule has 1 saturated heterocycles. The van der Waals surface area contributed by atoms with Crippen LogP contribution in [0.5, 0.6) is 5.75 Å². The summed E-state index contributed by atoms with van der Waals surface area (Å²) in [4.78, 5) is 2.17. The molecule has 2 rings (SSSR count). The number of piperidine rings is 1. The Bertz CT molecular complexity index is 464. The molecular weight excluding hydrogens is 325 g/mol. The third-order valence-corrected chi connectivity index (χ3v) is 4.63. The molecule has 0 bridgehead atoms. The Morgan fingerprint density at radius 3 is 2.64 bits per heavy atom. The van der Waals surface area contributed by atoms with Gasteiger partial charge in [0.2, 0.25) is 0 Å². The number of nitrogens with zero attached hydrogens (tertiary/aromatic N) is 1. The van der Waals surface area contributed by atoms with Gasteiger partial charge >= 0.3 is 0 Å². The molecule has 1 heterocycles. The maximum absolute atomic E-state index is 10.2. The van der Waals surface area contributed by atoms with Gasteiger partial charge in [-0.3, -0.25) is 0 Å². The summed E-state index contributed by atoms with van der Waals surface area (Å²) in [6.07, 6.45) is 1.15. The summed E-state index contributed by atoms with van der Waals surface area (Å²) in [6.45, 7) is 4.23. The first-order valence-electron chi connectivity index (χ1n) is 7.62. The second-order valence-corrected chi connectivity index (χ2v) is 6.73. The number of ether oxygens (including phenoxy) is 1. The summed E-state index contributed by atoms with van der Waals surface area (Å²) in [7, 11) is 0. The third-order valence-electron chi connectivity index (χ3n) is 4.03. The normalized spacial score (nSPS) is 22.3. The Kier molecular flexibility index (Phi) is 6.78. The molecule has 1 aromatic carbocycles. The Hall–Kier alpha value is -0.520. The van der Waals surface area contributed by atoms with Gasteiger partial charge in [-0.15, -0.1) is 0 Å². The molecule has 4 nitrogen and oxygen atoms in total. The summed E-state index contributed by atoms with van der Waals surface area (Å²) in [6, 6.07) is 5.15. The standard InChI is InChI=1S/C16H23Cl2NO3/c1-11(20)12-4-3-7-19(8-12)9-13(21)10-22-16-14(17)5-2-6-15(16)18/h2,5-6,11-13,20-21H,3-4,7-10H2,1H3. The summed E-state index contributed by atoms with van der Waals surface area (Å²) in [5.74, 6) is 0.685. The molecular formula is C16H23Cl2NO3. The van der Waals surface area contributed by atoms with Crippen molar-refractivity contribution in [2.24, 2.45) is 5.92 Å². The maximum Gasteiger partial charge on any atom is 0.156 e. The lowest BCUT2D eigenvalue weighted by atomic mass is 9.93. The van der Waals surface area contributed by atoms with E-state index in [-0.39, 0.29) is 18.6 Å². The van der Waals surface area contributed by atoms with Crippen molar-refractivity contribution in [2.45, 2.75) is 32.0 Å². The number of hydrogen-bond acceptors (Lipinski definition) is 4. The number of aliphatic hydroxyl groups is 2. The molecule has 0 amide bonds. The smallest absolute Gasteiger partial charge is 0.156 e. The second kappa shape index (κ2) is 8.37. The van der Waals surface area contributed by atoms with Gasteiger partial charge in [-0.1, -0.05) is 29.3 Å². The van der Waals surface area contributed by atoms with Gasteiger partial charge in [0, 0.05) is 13.1 Å². The van der Waals surface area contributed by atoms with Crippen LogP contribution in [0.2, 0.25) is 10.0 Å². The minimum Gasteiger partial charge on any atom is -0.488 e. The highest BCUT2D eigenvalue weighted by Crippen LogP contribution is 2.32. The number of halogens is 2. The quantitative estimate of drug-likeness (QED) is 0.830. The van der Waals surface area contributed by atoms with Crippen LogP contribution in [0.3, 0.4) is 0 Å². The molecule has 0 radical (unpaired) electrons. The van der Waals surface area contributed by atoms with Gasteiger partial charge in [0.1, 0.15) is 12.7 Å². The third kappa shape index (κ3) is 5.00. The zero-order chi connectivity index (χ0) is 16.1. The molecule has 0 saturated carbocycles. The number of para-hydroxylation sites is 1. The fourth-order valence-corrected chi connectivity index (χ4v) is 3.31. The average Bonchev–Trinajstić information content (AvgIpc) is 2.47. The molecule has 1 aliphatic rings. The molecule has 124 valence electrons. The number of rotatable bonds is 6. The Morgan fingerprint density at radius 1 is 1.32 bits per heavy atom. The zero-order valence-electron chi connectivity index (χ0n) is 12.7. The highest BCUT2D eigenvalue weighted by atomic mass is 35.5. The van der Waals surface area contributed by atoms with E-state index in [2.05, 4.69) is 4.90 Å². The second-order valence-electron chi connectivity index (χ2n) is 5.92. The van der Waals surface area contributed by atoms with Crippen LogP contribution >= 0.6 is 23.2 Å². The average molecular weight is 348 g/mol. The van der Waals surface area contributed by atoms with Crippen LogP contribution in [0.25, 0.3) is 0 Å². The first kappa shape index (κ1) is 17.8. The van der Waals surface area contributed by atoms with E-state index in [0.717, 1.165) is 25.9 Å². The summed E-state index contributed by atoms with van der Waals surface area (Å²) < 4.78 is 5.56. The van der Waals surface area contributed by atoms with Crippen molar-refractivity contribution < 1.29 is 14.9 Å². The van der Waals surface area contributed by atoms with E-state index in [4.69, 9.17) is 27.9 Å². The minimum absolute atomic E-state index is 0.138. The fourth-order valence-electron chi connectivity index (χ4n) is 2.80. The van der Waals surface area contributed by atoms with Crippen molar-refractivity contribution in [2.75, 3.05) is 26.2 Å². The predicted octanol–water partition coefficient (Wildman–Crippen LogP) is 2.83. The van der Waals surface area contributed by atoms with Crippen LogP contribution < -0.4 is 4.74 Å². The van der Waals surface area contributed by atoms with E-state index in [1.165, 1.54) is 0 Å². The van der Waals surface area contributed by atoms with Gasteiger partial charge in [0.05, 0.1) is 16.1 Å². The number of aliphatic hydroxyl groups excluding tert-OH is 2. The molecule has 22 heavy (non-hydrogen) atoms. The van der Waals surface area contributed by atoms with Gasteiger partial charge in [-0.2, -0.15) is 0 Å². The number of β-amino-alcohol motifs (C(OH)–C–C–N with tert-alkyl or cyclic N) is 1. The van der Waals surface area contributed by atoms with Gasteiger partial charge < -0.3 is 19.8 Å². The molecule has 3 atom stereocenters. The predicted molar refractivity (Wildman–Crippen MR) is 88.8 cm³/mol. The van der Waals surface area contributed by atoms with E-state index >= 15 is 0 Å². The zero-order valence-corrected chi connectivity index (χ0v) is 14.2. The van der Waals surface area contributed by atoms with E-state index < -0.39 is 6.10 Å². The maximum atomic E-state index is 10.2. The van der Waals surface area contributed by atoms with Crippen LogP contribution in [0.1, 0.15) is 19.8 Å². The van der Waals surface area contributed by atoms with Gasteiger partial charge in [0.25, 0.3) is 0 Å². The molecule has 2 N–H and O–H groups in total. The van der Waals surface area contributed by atoms with Crippen molar-refractivity contribution in [1.29, 1.82) is 0 Å². The largest absolute Gasteiger partial charge is 0.488 e. The van der Waals surface area contributed by atoms with Crippen molar-refractivity contribution >= 4 is 23.2 Å². The van der Waals surface area contributed by atoms with E-state index in [1.54, 1.807) is 18.2 Å². The summed E-state index contributed by atoms with van der Waals surface area (Å²) >= 11 is 12.1. The summed E-state index contributed by atoms with van der Waals surface area (Å²) in [5, 5.41) is 20.7. The number of hydrogen-bond donors (Lipinski definition) is 2. The first-order chi connectivity index (χ1) is 10.5. The van der Waals surface area contributed by atoms with Crippen molar-refractivity contribution in [3.63, 3.8) is 0 Å². The lowest BCUT2D eigenvalue weighted by molar-refractivity contribution is 0.0244. The Labute approximate surface area is 141 Å². The number of likely N-dealkylation sites (tertiary alicyclic amines) is 1. The molecule has 3 unspecified atom stereocenters. The Balaban J connectivity index is 1.81. The van der Waals surface area contributed by atoms with Crippen LogP contribution in [-0.4, -0.2) is 53.6 Å². The lowest BCUT2D eigenvalue weighted by Crippen LogP contribution is -2.44. The van der Waals surface area contributed by atoms with Crippen LogP contribution in [0.4, 0.5) is 0 Å². The van der Waals surface area contributed by atoms with Gasteiger partial charge in [-0.05, 0) is 44.4 Å². The molecule has 1 fully saturated rings. The molecule has 0 aliphatic carbocycles. The molecule has 0 spiro atoms. The van der Waals surface area contributed by atoms with Crippen LogP contribution in [0.15, 0.2) is 18.2 Å². The highest BCUT2D eigenvalue weighted by Gasteiger charge is 2.25. The van der Waals surface area contributed by atoms with Crippen LogP contribution in [0, 0.1) is 5.92 Å². The number of benzene rings is 1. The highest BCUT2D eigenvalue weighted by molar-refractivity contribution is 6.37. The molecule has 1 aliphatic heterocycles. The van der Waals surface area contributed by atoms with E-state index in [1.807, 2.05) is 6.92 Å². The van der Waals surface area contributed by atoms with E-state index in [0.29, 0.717) is 22.3 Å². The van der Waals surface area contributed by atoms with E-state index in [9.17, 15) is 10.2 Å². The van der Waals surface area contributed by atoms with Crippen molar-refractivity contribution in [3.8, 4) is 5.75 Å². The van der Waals surface area contributed by atoms with Crippen LogP contribution in [-0.2, 0) is 0 Å². The van der Waals surface area contributed by atoms with Crippen molar-refractivity contribution in [1.82, 2.24) is 4.90 Å². The summed E-state index contributed by atoms with van der Waals surface area (Å²) in [5.41, 5.74) is 0. The molecule has 6 heteroatoms. The lowest BCUT2D eigenvalue weighted by Gasteiger charge is -2.35. The Morgan fingerprint density at radius 2 is 2.00 bits per heavy atom. The molecule has 0 aromatic heterocycles. The monoisotopic (exact) mass is 347 g/mol. The minimum atomic E-state index is -0.625. The molecule has 1 aromatic rings. The first-order valence-corrected chi connectivity index (χ1v) is 8.38. The van der Waals surface area contributed by atoms with Gasteiger partial charge in [-0.25, -0.2) is 0 Å². The SMILES string of the molecule is CC(O)C1CCCN(CC(O)COc2c(Cl)cccc2Cl)C1. The van der Waals surface area contributed by atoms with Gasteiger partial charge in [0.15, 0.2) is 5.75 Å². The topological polar surface area (TPSA) is 52.9 Å².